The van der Waals surface area contributed by atoms with Gasteiger partial charge in [0.15, 0.2) is 0 Å². The van der Waals surface area contributed by atoms with E-state index in [4.69, 9.17) is 17.3 Å². The van der Waals surface area contributed by atoms with E-state index < -0.39 is 0 Å². The van der Waals surface area contributed by atoms with Crippen molar-refractivity contribution in [3.63, 3.8) is 0 Å². The summed E-state index contributed by atoms with van der Waals surface area (Å²) in [7, 11) is 2.19. The van der Waals surface area contributed by atoms with Crippen LogP contribution < -0.4 is 10.6 Å². The van der Waals surface area contributed by atoms with E-state index in [2.05, 4.69) is 36.8 Å². The van der Waals surface area contributed by atoms with Gasteiger partial charge >= 0.3 is 0 Å². The molecule has 3 nitrogen and oxygen atoms in total. The molecule has 0 radical (unpaired) electrons. The van der Waals surface area contributed by atoms with Crippen LogP contribution in [0.1, 0.15) is 19.4 Å². The lowest BCUT2D eigenvalue weighted by atomic mass is 9.98. The van der Waals surface area contributed by atoms with Gasteiger partial charge < -0.3 is 10.6 Å². The number of anilines is 1. The average molecular weight is 282 g/mol. The van der Waals surface area contributed by atoms with Crippen LogP contribution in [0.4, 0.5) is 5.69 Å². The first-order chi connectivity index (χ1) is 8.95. The maximum Gasteiger partial charge on any atom is 0.0642 e. The van der Waals surface area contributed by atoms with Crippen LogP contribution in [0.3, 0.4) is 0 Å². The minimum atomic E-state index is 0.164. The summed E-state index contributed by atoms with van der Waals surface area (Å²) < 4.78 is 0. The molecule has 1 saturated heterocycles. The number of nitrogens with zero attached hydrogens (tertiary/aromatic N) is 2. The van der Waals surface area contributed by atoms with Gasteiger partial charge in [0.25, 0.3) is 0 Å². The maximum atomic E-state index is 6.43. The Labute approximate surface area is 121 Å². The maximum absolute atomic E-state index is 6.43. The molecule has 1 fully saturated rings. The smallest absolute Gasteiger partial charge is 0.0642 e. The summed E-state index contributed by atoms with van der Waals surface area (Å²) in [4.78, 5) is 4.82. The predicted molar refractivity (Wildman–Crippen MR) is 83.1 cm³/mol. The summed E-state index contributed by atoms with van der Waals surface area (Å²) >= 11 is 6.43. The number of likely N-dealkylation sites (N-methyl/N-ethyl adjacent to an activating group) is 1. The molecule has 2 rings (SSSR count). The first kappa shape index (κ1) is 14.6. The van der Waals surface area contributed by atoms with Gasteiger partial charge in [-0.1, -0.05) is 23.7 Å². The third-order valence-corrected chi connectivity index (χ3v) is 4.42. The highest BCUT2D eigenvalue weighted by molar-refractivity contribution is 6.33. The summed E-state index contributed by atoms with van der Waals surface area (Å²) in [5.74, 6) is 0. The fraction of sp³-hybridized carbons (Fsp3) is 0.600. The van der Waals surface area contributed by atoms with Crippen LogP contribution in [0.5, 0.6) is 0 Å². The van der Waals surface area contributed by atoms with Crippen molar-refractivity contribution in [2.75, 3.05) is 38.1 Å². The number of hydrogen-bond donors (Lipinski definition) is 1. The van der Waals surface area contributed by atoms with Gasteiger partial charge in [0.1, 0.15) is 0 Å². The Bertz CT molecular complexity index is 445. The van der Waals surface area contributed by atoms with Crippen molar-refractivity contribution in [3.8, 4) is 0 Å². The second kappa shape index (κ2) is 5.70. The van der Waals surface area contributed by atoms with Gasteiger partial charge in [0.05, 0.1) is 10.7 Å². The third kappa shape index (κ3) is 3.04. The molecule has 1 aromatic rings. The quantitative estimate of drug-likeness (QED) is 0.923. The average Bonchev–Trinajstić information content (AvgIpc) is 2.33. The van der Waals surface area contributed by atoms with E-state index in [1.54, 1.807) is 0 Å². The lowest BCUT2D eigenvalue weighted by Crippen LogP contribution is -2.58. The zero-order chi connectivity index (χ0) is 14.0. The van der Waals surface area contributed by atoms with Crippen molar-refractivity contribution in [2.24, 2.45) is 5.73 Å². The van der Waals surface area contributed by atoms with E-state index in [1.165, 1.54) is 11.3 Å². The monoisotopic (exact) mass is 281 g/mol. The van der Waals surface area contributed by atoms with E-state index in [9.17, 15) is 0 Å². The number of benzene rings is 1. The fourth-order valence-corrected chi connectivity index (χ4v) is 3.02. The molecule has 2 N–H and O–H groups in total. The molecule has 1 aliphatic heterocycles. The van der Waals surface area contributed by atoms with Crippen LogP contribution in [0.2, 0.25) is 5.02 Å². The van der Waals surface area contributed by atoms with Crippen molar-refractivity contribution in [1.29, 1.82) is 0 Å². The molecule has 0 aromatic heterocycles. The topological polar surface area (TPSA) is 32.5 Å². The van der Waals surface area contributed by atoms with Gasteiger partial charge in [-0.05, 0) is 45.5 Å². The first-order valence-corrected chi connectivity index (χ1v) is 7.27. The summed E-state index contributed by atoms with van der Waals surface area (Å²) in [6, 6.07) is 6.12. The van der Waals surface area contributed by atoms with Crippen molar-refractivity contribution >= 4 is 17.3 Å². The van der Waals surface area contributed by atoms with Crippen LogP contribution in [0.25, 0.3) is 0 Å². The van der Waals surface area contributed by atoms with Crippen LogP contribution in [-0.4, -0.2) is 43.7 Å². The van der Waals surface area contributed by atoms with Crippen LogP contribution in [-0.2, 0) is 6.42 Å². The second-order valence-electron chi connectivity index (χ2n) is 5.94. The summed E-state index contributed by atoms with van der Waals surface area (Å²) in [6.45, 7) is 8.27. The molecule has 19 heavy (non-hydrogen) atoms. The molecular weight excluding hydrogens is 258 g/mol. The first-order valence-electron chi connectivity index (χ1n) is 6.89. The molecule has 1 aromatic carbocycles. The minimum absolute atomic E-state index is 0.164. The van der Waals surface area contributed by atoms with Gasteiger partial charge in [0, 0.05) is 25.2 Å². The highest BCUT2D eigenvalue weighted by atomic mass is 35.5. The van der Waals surface area contributed by atoms with Crippen LogP contribution in [0, 0.1) is 0 Å². The molecule has 0 atom stereocenters. The van der Waals surface area contributed by atoms with E-state index >= 15 is 0 Å². The molecule has 0 unspecified atom stereocenters. The number of piperazine rings is 1. The molecule has 0 saturated carbocycles. The number of para-hydroxylation sites is 1. The summed E-state index contributed by atoms with van der Waals surface area (Å²) in [5.41, 5.74) is 8.31. The Kier molecular flexibility index (Phi) is 4.39. The Morgan fingerprint density at radius 1 is 1.32 bits per heavy atom. The van der Waals surface area contributed by atoms with Gasteiger partial charge in [-0.15, -0.1) is 0 Å². The van der Waals surface area contributed by atoms with E-state index in [0.717, 1.165) is 31.1 Å². The summed E-state index contributed by atoms with van der Waals surface area (Å²) in [5, 5.41) is 0.839. The number of halogens is 1. The number of hydrogen-bond acceptors (Lipinski definition) is 3. The predicted octanol–water partition coefficient (Wildman–Crippen LogP) is 2.37. The Hall–Kier alpha value is -0.770. The minimum Gasteiger partial charge on any atom is -0.367 e. The highest BCUT2D eigenvalue weighted by Crippen LogP contribution is 2.33. The SMILES string of the molecule is CN1CCN(c2c(Cl)cccc2CCN)CC1(C)C. The van der Waals surface area contributed by atoms with Gasteiger partial charge in [-0.2, -0.15) is 0 Å². The van der Waals surface area contributed by atoms with Gasteiger partial charge in [-0.3, -0.25) is 4.90 Å². The van der Waals surface area contributed by atoms with Crippen LogP contribution in [0.15, 0.2) is 18.2 Å². The third-order valence-electron chi connectivity index (χ3n) is 4.12. The lowest BCUT2D eigenvalue weighted by molar-refractivity contribution is 0.139. The van der Waals surface area contributed by atoms with Crippen molar-refractivity contribution < 1.29 is 0 Å². The summed E-state index contributed by atoms with van der Waals surface area (Å²) in [6.07, 6.45) is 0.878. The normalized spacial score (nSPS) is 19.7. The molecular formula is C15H24ClN3. The molecule has 0 spiro atoms. The van der Waals surface area contributed by atoms with E-state index in [1.807, 2.05) is 12.1 Å². The molecule has 0 bridgehead atoms. The van der Waals surface area contributed by atoms with Crippen molar-refractivity contribution in [1.82, 2.24) is 4.90 Å². The van der Waals surface area contributed by atoms with E-state index in [-0.39, 0.29) is 5.54 Å². The molecule has 0 aliphatic carbocycles. The van der Waals surface area contributed by atoms with Gasteiger partial charge in [0.2, 0.25) is 0 Å². The van der Waals surface area contributed by atoms with Crippen molar-refractivity contribution in [3.05, 3.63) is 28.8 Å². The zero-order valence-corrected chi connectivity index (χ0v) is 12.9. The second-order valence-corrected chi connectivity index (χ2v) is 6.35. The van der Waals surface area contributed by atoms with Gasteiger partial charge in [-0.25, -0.2) is 0 Å². The Morgan fingerprint density at radius 3 is 2.68 bits per heavy atom. The molecule has 1 aliphatic rings. The van der Waals surface area contributed by atoms with E-state index in [0.29, 0.717) is 6.54 Å². The van der Waals surface area contributed by atoms with Crippen LogP contribution >= 0.6 is 11.6 Å². The Balaban J connectivity index is 2.31. The number of rotatable bonds is 3. The van der Waals surface area contributed by atoms with Crippen molar-refractivity contribution in [2.45, 2.75) is 25.8 Å². The lowest BCUT2D eigenvalue weighted by Gasteiger charge is -2.47. The molecule has 106 valence electrons. The Morgan fingerprint density at radius 2 is 2.05 bits per heavy atom. The molecule has 4 heteroatoms. The number of nitrogens with two attached hydrogens (primary N) is 1. The zero-order valence-electron chi connectivity index (χ0n) is 12.1. The fourth-order valence-electron chi connectivity index (χ4n) is 2.70. The molecule has 1 heterocycles. The highest BCUT2D eigenvalue weighted by Gasteiger charge is 2.32. The standard InChI is InChI=1S/C15H24ClN3/c1-15(2)11-19(10-9-18(15)3)14-12(7-8-17)5-4-6-13(14)16/h4-6H,7-11,17H2,1-3H3. The largest absolute Gasteiger partial charge is 0.367 e. The molecule has 0 amide bonds.